The first-order chi connectivity index (χ1) is 11.9. The minimum Gasteiger partial charge on any atom is -0.494 e. The number of halogens is 2. The lowest BCUT2D eigenvalue weighted by atomic mass is 10.1. The van der Waals surface area contributed by atoms with Crippen LogP contribution in [-0.2, 0) is 6.54 Å². The van der Waals surface area contributed by atoms with E-state index >= 15 is 0 Å². The van der Waals surface area contributed by atoms with E-state index in [1.807, 2.05) is 19.9 Å². The predicted octanol–water partition coefficient (Wildman–Crippen LogP) is 3.99. The highest BCUT2D eigenvalue weighted by atomic mass is 35.5. The topological polar surface area (TPSA) is 77.2 Å². The third kappa shape index (κ3) is 3.73. The van der Waals surface area contributed by atoms with Crippen LogP contribution in [0, 0.1) is 19.7 Å². The summed E-state index contributed by atoms with van der Waals surface area (Å²) in [7, 11) is 1.40. The summed E-state index contributed by atoms with van der Waals surface area (Å²) in [4.78, 5) is 18.1. The molecule has 0 aliphatic carbocycles. The van der Waals surface area contributed by atoms with Crippen molar-refractivity contribution in [2.24, 2.45) is 0 Å². The van der Waals surface area contributed by atoms with Gasteiger partial charge >= 0.3 is 0 Å². The van der Waals surface area contributed by atoms with Gasteiger partial charge in [-0.2, -0.15) is 0 Å². The first kappa shape index (κ1) is 19.9. The SMILES string of the molecule is COc1ccc(CNC(=O)c2sc3nc(C)cc(C)c3c2N)cc1F.Cl. The summed E-state index contributed by atoms with van der Waals surface area (Å²) in [6.45, 7) is 4.04. The molecule has 3 rings (SSSR count). The molecule has 1 amide bonds. The Bertz CT molecular complexity index is 975. The Morgan fingerprint density at radius 1 is 1.35 bits per heavy atom. The molecule has 0 radical (unpaired) electrons. The van der Waals surface area contributed by atoms with Crippen molar-refractivity contribution < 1.29 is 13.9 Å². The molecule has 26 heavy (non-hydrogen) atoms. The fraction of sp³-hybridized carbons (Fsp3) is 0.222. The lowest BCUT2D eigenvalue weighted by Crippen LogP contribution is -2.22. The monoisotopic (exact) mass is 395 g/mol. The van der Waals surface area contributed by atoms with Gasteiger partial charge in [-0.3, -0.25) is 4.79 Å². The molecule has 1 aromatic carbocycles. The van der Waals surface area contributed by atoms with E-state index in [0.717, 1.165) is 21.5 Å². The molecular formula is C18H19ClFN3O2S. The molecule has 0 aliphatic heterocycles. The molecule has 3 N–H and O–H groups in total. The number of rotatable bonds is 4. The molecule has 0 atom stereocenters. The molecule has 2 heterocycles. The fourth-order valence-corrected chi connectivity index (χ4v) is 3.85. The van der Waals surface area contributed by atoms with E-state index in [0.29, 0.717) is 16.1 Å². The quantitative estimate of drug-likeness (QED) is 0.700. The molecule has 5 nitrogen and oxygen atoms in total. The van der Waals surface area contributed by atoms with Crippen molar-refractivity contribution in [2.75, 3.05) is 12.8 Å². The zero-order valence-corrected chi connectivity index (χ0v) is 16.2. The normalized spacial score (nSPS) is 10.5. The molecule has 0 saturated heterocycles. The summed E-state index contributed by atoms with van der Waals surface area (Å²) >= 11 is 1.26. The smallest absolute Gasteiger partial charge is 0.263 e. The first-order valence-corrected chi connectivity index (χ1v) is 8.49. The van der Waals surface area contributed by atoms with Crippen molar-refractivity contribution in [2.45, 2.75) is 20.4 Å². The number of amides is 1. The van der Waals surface area contributed by atoms with Gasteiger partial charge in [0.2, 0.25) is 0 Å². The number of nitrogens with zero attached hydrogens (tertiary/aromatic N) is 1. The van der Waals surface area contributed by atoms with Crippen LogP contribution in [0.2, 0.25) is 0 Å². The van der Waals surface area contributed by atoms with Crippen LogP contribution in [0.25, 0.3) is 10.2 Å². The van der Waals surface area contributed by atoms with Gasteiger partial charge in [0.05, 0.1) is 12.8 Å². The van der Waals surface area contributed by atoms with Gasteiger partial charge in [-0.15, -0.1) is 23.7 Å². The number of nitrogens with two attached hydrogens (primary N) is 1. The highest BCUT2D eigenvalue weighted by Crippen LogP contribution is 2.34. The van der Waals surface area contributed by atoms with Crippen LogP contribution < -0.4 is 15.8 Å². The van der Waals surface area contributed by atoms with E-state index in [-0.39, 0.29) is 30.6 Å². The van der Waals surface area contributed by atoms with Crippen molar-refractivity contribution in [1.82, 2.24) is 10.3 Å². The van der Waals surface area contributed by atoms with Crippen LogP contribution in [0.15, 0.2) is 24.3 Å². The number of carbonyl (C=O) groups excluding carboxylic acids is 1. The number of carbonyl (C=O) groups is 1. The highest BCUT2D eigenvalue weighted by Gasteiger charge is 2.19. The summed E-state index contributed by atoms with van der Waals surface area (Å²) in [5.74, 6) is -0.597. The second-order valence-electron chi connectivity index (χ2n) is 5.76. The van der Waals surface area contributed by atoms with Crippen LogP contribution in [0.1, 0.15) is 26.5 Å². The number of anilines is 1. The first-order valence-electron chi connectivity index (χ1n) is 7.67. The average Bonchev–Trinajstić information content (AvgIpc) is 2.89. The largest absolute Gasteiger partial charge is 0.494 e. The van der Waals surface area contributed by atoms with Gasteiger partial charge in [0.25, 0.3) is 5.91 Å². The van der Waals surface area contributed by atoms with Crippen LogP contribution >= 0.6 is 23.7 Å². The Balaban J connectivity index is 0.00000243. The Labute approximate surface area is 160 Å². The van der Waals surface area contributed by atoms with E-state index in [9.17, 15) is 9.18 Å². The van der Waals surface area contributed by atoms with Gasteiger partial charge in [0.1, 0.15) is 9.71 Å². The maximum atomic E-state index is 13.7. The summed E-state index contributed by atoms with van der Waals surface area (Å²) < 4.78 is 18.6. The van der Waals surface area contributed by atoms with Crippen molar-refractivity contribution in [3.8, 4) is 5.75 Å². The Kier molecular flexibility index (Phi) is 6.05. The lowest BCUT2D eigenvalue weighted by molar-refractivity contribution is 0.0956. The Morgan fingerprint density at radius 3 is 2.73 bits per heavy atom. The standard InChI is InChI=1S/C18H18FN3O2S.ClH/c1-9-6-10(2)22-18-14(9)15(20)16(25-18)17(23)21-8-11-4-5-13(24-3)12(19)7-11;/h4-7H,8,20H2,1-3H3,(H,21,23);1H. The van der Waals surface area contributed by atoms with Gasteiger partial charge in [-0.1, -0.05) is 6.07 Å². The fourth-order valence-electron chi connectivity index (χ4n) is 2.72. The van der Waals surface area contributed by atoms with E-state index < -0.39 is 5.82 Å². The molecule has 8 heteroatoms. The summed E-state index contributed by atoms with van der Waals surface area (Å²) in [6, 6.07) is 6.50. The Hall–Kier alpha value is -2.38. The Morgan fingerprint density at radius 2 is 2.08 bits per heavy atom. The molecular weight excluding hydrogens is 377 g/mol. The molecule has 3 aromatic rings. The van der Waals surface area contributed by atoms with Gasteiger partial charge in [-0.25, -0.2) is 9.37 Å². The maximum Gasteiger partial charge on any atom is 0.263 e. The minimum absolute atomic E-state index is 0. The zero-order chi connectivity index (χ0) is 18.1. The molecule has 138 valence electrons. The van der Waals surface area contributed by atoms with Gasteiger partial charge in [0, 0.05) is 17.6 Å². The van der Waals surface area contributed by atoms with Gasteiger partial charge in [-0.05, 0) is 43.2 Å². The van der Waals surface area contributed by atoms with Crippen molar-refractivity contribution in [3.63, 3.8) is 0 Å². The second kappa shape index (κ2) is 7.88. The van der Waals surface area contributed by atoms with Crippen LogP contribution in [-0.4, -0.2) is 18.0 Å². The van der Waals surface area contributed by atoms with E-state index in [1.165, 1.54) is 30.6 Å². The molecule has 0 saturated carbocycles. The third-order valence-electron chi connectivity index (χ3n) is 3.90. The number of nitrogen functional groups attached to an aromatic ring is 1. The molecule has 0 bridgehead atoms. The van der Waals surface area contributed by atoms with Crippen molar-refractivity contribution in [3.05, 3.63) is 51.8 Å². The highest BCUT2D eigenvalue weighted by molar-refractivity contribution is 7.21. The number of nitrogens with one attached hydrogen (secondary N) is 1. The summed E-state index contributed by atoms with van der Waals surface area (Å²) in [5.41, 5.74) is 9.10. The molecule has 0 spiro atoms. The number of aromatic nitrogens is 1. The van der Waals surface area contributed by atoms with Gasteiger partial charge in [0.15, 0.2) is 11.6 Å². The number of methoxy groups -OCH3 is 1. The number of aryl methyl sites for hydroxylation is 2. The number of hydrogen-bond acceptors (Lipinski definition) is 5. The van der Waals surface area contributed by atoms with E-state index in [1.54, 1.807) is 6.07 Å². The number of ether oxygens (including phenoxy) is 1. The van der Waals surface area contributed by atoms with Crippen LogP contribution in [0.4, 0.5) is 10.1 Å². The van der Waals surface area contributed by atoms with Crippen molar-refractivity contribution >= 4 is 45.6 Å². The zero-order valence-electron chi connectivity index (χ0n) is 14.6. The van der Waals surface area contributed by atoms with Crippen molar-refractivity contribution in [1.29, 1.82) is 0 Å². The third-order valence-corrected chi connectivity index (χ3v) is 5.00. The van der Waals surface area contributed by atoms with Crippen LogP contribution in [0.5, 0.6) is 5.75 Å². The molecule has 0 unspecified atom stereocenters. The lowest BCUT2D eigenvalue weighted by Gasteiger charge is -2.07. The minimum atomic E-state index is -0.467. The molecule has 0 aliphatic rings. The maximum absolute atomic E-state index is 13.7. The number of fused-ring (bicyclic) bond motifs is 1. The average molecular weight is 396 g/mol. The second-order valence-corrected chi connectivity index (χ2v) is 6.76. The van der Waals surface area contributed by atoms with E-state index in [2.05, 4.69) is 10.3 Å². The number of hydrogen-bond donors (Lipinski definition) is 2. The van der Waals surface area contributed by atoms with Gasteiger partial charge < -0.3 is 15.8 Å². The van der Waals surface area contributed by atoms with E-state index in [4.69, 9.17) is 10.5 Å². The molecule has 2 aromatic heterocycles. The number of benzene rings is 1. The number of thiophene rings is 1. The summed E-state index contributed by atoms with van der Waals surface area (Å²) in [5, 5.41) is 3.59. The number of pyridine rings is 1. The molecule has 0 fully saturated rings. The van der Waals surface area contributed by atoms with Crippen LogP contribution in [0.3, 0.4) is 0 Å². The summed E-state index contributed by atoms with van der Waals surface area (Å²) in [6.07, 6.45) is 0. The predicted molar refractivity (Wildman–Crippen MR) is 105 cm³/mol.